The number of hydrogen-bond donors (Lipinski definition) is 4. The predicted octanol–water partition coefficient (Wildman–Crippen LogP) is 9.64. The molecule has 1 heterocycles. The summed E-state index contributed by atoms with van der Waals surface area (Å²) in [5, 5.41) is 32.4. The number of nitrogens with one attached hydrogen (secondary N) is 4. The van der Waals surface area contributed by atoms with E-state index in [0.717, 1.165) is 44.5 Å². The first-order valence-corrected chi connectivity index (χ1v) is 23.2. The number of fused-ring (bicyclic) bond motifs is 1. The van der Waals surface area contributed by atoms with E-state index in [1.165, 1.54) is 20.2 Å². The van der Waals surface area contributed by atoms with E-state index in [1.807, 2.05) is 73.7 Å². The van der Waals surface area contributed by atoms with E-state index in [-0.39, 0.29) is 37.5 Å². The molecule has 16 heteroatoms. The van der Waals surface area contributed by atoms with Crippen LogP contribution in [0.2, 0.25) is 10.0 Å². The number of benzene rings is 6. The van der Waals surface area contributed by atoms with Crippen LogP contribution in [0.1, 0.15) is 58.4 Å². The molecule has 2 amide bonds. The zero-order chi connectivity index (χ0) is 49.4. The van der Waals surface area contributed by atoms with Gasteiger partial charge in [0.2, 0.25) is 17.7 Å². The molecule has 0 radical (unpaired) electrons. The molecule has 70 heavy (non-hydrogen) atoms. The molecule has 7 rings (SSSR count). The van der Waals surface area contributed by atoms with Crippen molar-refractivity contribution < 1.29 is 28.5 Å². The third-order valence-electron chi connectivity index (χ3n) is 11.1. The molecular weight excluding hydrogens is 928 g/mol. The number of halogens is 2. The number of ether oxygens (including phenoxy) is 4. The molecule has 0 aliphatic rings. The van der Waals surface area contributed by atoms with E-state index >= 15 is 0 Å². The lowest BCUT2D eigenvalue weighted by Gasteiger charge is -2.18. The lowest BCUT2D eigenvalue weighted by Crippen LogP contribution is -2.30. The number of para-hydroxylation sites is 1. The summed E-state index contributed by atoms with van der Waals surface area (Å²) >= 11 is 13.8. The number of rotatable bonds is 22. The first kappa shape index (κ1) is 50.2. The first-order valence-electron chi connectivity index (χ1n) is 22.4. The van der Waals surface area contributed by atoms with E-state index in [1.54, 1.807) is 42.5 Å². The number of aromatic nitrogens is 2. The quantitative estimate of drug-likeness (QED) is 0.0471. The maximum Gasteiger partial charge on any atom is 0.230 e. The molecule has 0 aliphatic carbocycles. The summed E-state index contributed by atoms with van der Waals surface area (Å²) in [5.74, 6) is 1.89. The van der Waals surface area contributed by atoms with Crippen molar-refractivity contribution in [1.29, 1.82) is 10.5 Å². The molecule has 1 aromatic heterocycles. The van der Waals surface area contributed by atoms with Crippen LogP contribution in [0.25, 0.3) is 22.0 Å². The fourth-order valence-corrected chi connectivity index (χ4v) is 7.99. The summed E-state index contributed by atoms with van der Waals surface area (Å²) in [6, 6.07) is 37.7. The third kappa shape index (κ3) is 13.5. The summed E-state index contributed by atoms with van der Waals surface area (Å²) in [7, 11) is 0. The minimum absolute atomic E-state index is 0.104. The Morgan fingerprint density at radius 2 is 1.11 bits per heavy atom. The van der Waals surface area contributed by atoms with Crippen molar-refractivity contribution in [2.45, 2.75) is 53.7 Å². The van der Waals surface area contributed by atoms with Crippen LogP contribution in [-0.2, 0) is 42.5 Å². The molecule has 0 saturated heterocycles. The SMILES string of the molecule is CC(=O)NCCNCc1cc(Cl)c(OCc2cccc(-c3cccc4c(Oc5cc(OCc6cccc(C#N)c6)c(CNCCNC(C)=O)cc5Cl)ncnc34)c2C)cc1OCc1cccc(C#N)c1. The Morgan fingerprint density at radius 1 is 0.586 bits per heavy atom. The summed E-state index contributed by atoms with van der Waals surface area (Å²) in [6.07, 6.45) is 1.45. The molecule has 0 saturated carbocycles. The Kier molecular flexibility index (Phi) is 17.6. The molecule has 14 nitrogen and oxygen atoms in total. The molecule has 7 aromatic rings. The number of nitriles is 2. The van der Waals surface area contributed by atoms with Crippen LogP contribution in [0.15, 0.2) is 116 Å². The van der Waals surface area contributed by atoms with Gasteiger partial charge in [0.05, 0.1) is 44.2 Å². The van der Waals surface area contributed by atoms with Gasteiger partial charge in [0.1, 0.15) is 43.4 Å². The van der Waals surface area contributed by atoms with Crippen LogP contribution in [0.4, 0.5) is 0 Å². The number of carbonyl (C=O) groups excluding carboxylic acids is 2. The van der Waals surface area contributed by atoms with Crippen molar-refractivity contribution >= 4 is 45.9 Å². The Balaban J connectivity index is 1.12. The molecule has 0 bridgehead atoms. The standard InChI is InChI=1S/C54H50Cl2N8O6/c1-34-41(32-69-51-24-49(67-30-39-10-4-8-37(20-39)26-57)42(22-47(51)55)28-59-16-18-61-35(2)65)12-6-13-44(34)45-14-7-15-46-53(45)63-33-64-54(46)70-52-25-50(68-31-40-11-5-9-38(21-40)27-58)43(23-48(52)56)29-60-17-19-62-36(3)66/h4-15,20-25,33,59-60H,16-19,28-32H2,1-3H3,(H,61,65)(H,62,66). The second-order valence-electron chi connectivity index (χ2n) is 16.2. The highest BCUT2D eigenvalue weighted by atomic mass is 35.5. The van der Waals surface area contributed by atoms with E-state index in [2.05, 4.69) is 38.4 Å². The van der Waals surface area contributed by atoms with Gasteiger partial charge < -0.3 is 40.2 Å². The van der Waals surface area contributed by atoms with Crippen LogP contribution in [-0.4, -0.2) is 48.0 Å². The summed E-state index contributed by atoms with van der Waals surface area (Å²) in [5.41, 5.74) is 8.59. The van der Waals surface area contributed by atoms with Crippen LogP contribution < -0.4 is 40.2 Å². The number of carbonyl (C=O) groups is 2. The minimum Gasteiger partial charge on any atom is -0.488 e. The van der Waals surface area contributed by atoms with Crippen molar-refractivity contribution in [2.75, 3.05) is 26.2 Å². The van der Waals surface area contributed by atoms with E-state index in [0.29, 0.717) is 94.3 Å². The molecular formula is C54H50Cl2N8O6. The van der Waals surface area contributed by atoms with Gasteiger partial charge in [0.25, 0.3) is 0 Å². The highest BCUT2D eigenvalue weighted by molar-refractivity contribution is 6.32. The van der Waals surface area contributed by atoms with Gasteiger partial charge in [-0.15, -0.1) is 0 Å². The minimum atomic E-state index is -0.112. The lowest BCUT2D eigenvalue weighted by atomic mass is 9.95. The highest BCUT2D eigenvalue weighted by Gasteiger charge is 2.19. The Labute approximate surface area is 416 Å². The summed E-state index contributed by atoms with van der Waals surface area (Å²) in [6.45, 7) is 8.37. The molecule has 0 atom stereocenters. The molecule has 356 valence electrons. The Hall–Kier alpha value is -7.72. The van der Waals surface area contributed by atoms with E-state index in [4.69, 9.17) is 47.1 Å². The average Bonchev–Trinajstić information content (AvgIpc) is 3.36. The zero-order valence-corrected chi connectivity index (χ0v) is 40.3. The van der Waals surface area contributed by atoms with E-state index < -0.39 is 0 Å². The molecule has 0 unspecified atom stereocenters. The summed E-state index contributed by atoms with van der Waals surface area (Å²) in [4.78, 5) is 32.0. The van der Waals surface area contributed by atoms with Crippen molar-refractivity contribution in [3.8, 4) is 52.1 Å². The number of nitrogens with zero attached hydrogens (tertiary/aromatic N) is 4. The van der Waals surface area contributed by atoms with Crippen molar-refractivity contribution in [2.24, 2.45) is 0 Å². The largest absolute Gasteiger partial charge is 0.488 e. The normalized spacial score (nSPS) is 10.8. The fourth-order valence-electron chi connectivity index (χ4n) is 7.52. The number of amides is 2. The van der Waals surface area contributed by atoms with Crippen molar-refractivity contribution in [1.82, 2.24) is 31.2 Å². The third-order valence-corrected chi connectivity index (χ3v) is 11.7. The molecule has 0 spiro atoms. The number of hydrogen-bond acceptors (Lipinski definition) is 12. The van der Waals surface area contributed by atoms with Gasteiger partial charge in [-0.1, -0.05) is 77.8 Å². The molecule has 4 N–H and O–H groups in total. The van der Waals surface area contributed by atoms with Gasteiger partial charge in [-0.2, -0.15) is 10.5 Å². The first-order chi connectivity index (χ1) is 34.0. The van der Waals surface area contributed by atoms with Crippen LogP contribution in [0.5, 0.6) is 28.9 Å². The van der Waals surface area contributed by atoms with Crippen molar-refractivity contribution in [3.05, 3.63) is 170 Å². The van der Waals surface area contributed by atoms with Crippen LogP contribution >= 0.6 is 23.2 Å². The maximum atomic E-state index is 11.4. The molecule has 6 aromatic carbocycles. The van der Waals surface area contributed by atoms with Crippen molar-refractivity contribution in [3.63, 3.8) is 0 Å². The monoisotopic (exact) mass is 976 g/mol. The topological polar surface area (TPSA) is 193 Å². The van der Waals surface area contributed by atoms with Gasteiger partial charge in [-0.25, -0.2) is 9.97 Å². The summed E-state index contributed by atoms with van der Waals surface area (Å²) < 4.78 is 25.6. The Bertz CT molecular complexity index is 3100. The second kappa shape index (κ2) is 24.5. The van der Waals surface area contributed by atoms with Gasteiger partial charge in [0.15, 0.2) is 5.75 Å². The maximum absolute atomic E-state index is 11.4. The highest BCUT2D eigenvalue weighted by Crippen LogP contribution is 2.40. The van der Waals surface area contributed by atoms with Gasteiger partial charge in [-0.3, -0.25) is 9.59 Å². The van der Waals surface area contributed by atoms with Gasteiger partial charge in [0, 0.05) is 81.9 Å². The smallest absolute Gasteiger partial charge is 0.230 e. The molecule has 0 aliphatic heterocycles. The lowest BCUT2D eigenvalue weighted by molar-refractivity contribution is -0.119. The van der Waals surface area contributed by atoms with Gasteiger partial charge in [-0.05, 0) is 77.2 Å². The second-order valence-corrected chi connectivity index (χ2v) is 17.0. The fraction of sp³-hybridized carbons (Fsp3) is 0.222. The Morgan fingerprint density at radius 3 is 1.70 bits per heavy atom. The molecule has 0 fully saturated rings. The van der Waals surface area contributed by atoms with Gasteiger partial charge >= 0.3 is 0 Å². The van der Waals surface area contributed by atoms with Crippen LogP contribution in [0, 0.1) is 29.6 Å². The predicted molar refractivity (Wildman–Crippen MR) is 269 cm³/mol. The zero-order valence-electron chi connectivity index (χ0n) is 38.8. The van der Waals surface area contributed by atoms with E-state index in [9.17, 15) is 20.1 Å². The van der Waals surface area contributed by atoms with Crippen LogP contribution in [0.3, 0.4) is 0 Å². The average molecular weight is 978 g/mol.